The third-order valence-corrected chi connectivity index (χ3v) is 4.35. The number of aromatic nitrogens is 2. The fourth-order valence-electron chi connectivity index (χ4n) is 2.35. The van der Waals surface area contributed by atoms with Gasteiger partial charge in [-0.15, -0.1) is 10.2 Å². The number of hydrogen-bond acceptors (Lipinski definition) is 7. The van der Waals surface area contributed by atoms with Crippen molar-refractivity contribution in [2.24, 2.45) is 0 Å². The first-order valence-electron chi connectivity index (χ1n) is 7.09. The summed E-state index contributed by atoms with van der Waals surface area (Å²) in [6.07, 6.45) is 1.42. The maximum absolute atomic E-state index is 11.6. The Morgan fingerprint density at radius 2 is 2.17 bits per heavy atom. The summed E-state index contributed by atoms with van der Waals surface area (Å²) in [4.78, 5) is 23.8. The molecule has 0 atom stereocenters. The van der Waals surface area contributed by atoms with Gasteiger partial charge in [0, 0.05) is 30.3 Å². The van der Waals surface area contributed by atoms with Crippen molar-refractivity contribution in [2.45, 2.75) is 30.4 Å². The minimum atomic E-state index is -0.409. The number of nitrogens with zero attached hydrogens (tertiary/aromatic N) is 4. The van der Waals surface area contributed by atoms with Crippen LogP contribution in [0.25, 0.3) is 0 Å². The lowest BCUT2D eigenvalue weighted by atomic mass is 10.2. The van der Waals surface area contributed by atoms with E-state index in [1.165, 1.54) is 17.8 Å². The minimum Gasteiger partial charge on any atom is -0.414 e. The van der Waals surface area contributed by atoms with E-state index >= 15 is 0 Å². The number of carbonyl (C=O) groups is 1. The van der Waals surface area contributed by atoms with Gasteiger partial charge in [0.1, 0.15) is 0 Å². The van der Waals surface area contributed by atoms with Gasteiger partial charge in [0.2, 0.25) is 11.8 Å². The lowest BCUT2D eigenvalue weighted by Crippen LogP contribution is -2.23. The lowest BCUT2D eigenvalue weighted by molar-refractivity contribution is -0.385. The summed E-state index contributed by atoms with van der Waals surface area (Å²) >= 11 is 1.24. The van der Waals surface area contributed by atoms with Gasteiger partial charge < -0.3 is 9.32 Å². The van der Waals surface area contributed by atoms with E-state index in [9.17, 15) is 14.9 Å². The summed E-state index contributed by atoms with van der Waals surface area (Å²) in [5.74, 6) is 0.837. The predicted octanol–water partition coefficient (Wildman–Crippen LogP) is 2.39. The number of nitro groups is 1. The molecule has 1 fully saturated rings. The van der Waals surface area contributed by atoms with Gasteiger partial charge in [-0.1, -0.05) is 30.0 Å². The molecule has 1 aromatic carbocycles. The quantitative estimate of drug-likeness (QED) is 0.454. The summed E-state index contributed by atoms with van der Waals surface area (Å²) < 4.78 is 5.49. The largest absolute Gasteiger partial charge is 0.414 e. The zero-order chi connectivity index (χ0) is 16.2. The maximum Gasteiger partial charge on any atom is 0.276 e. The topological polar surface area (TPSA) is 102 Å². The summed E-state index contributed by atoms with van der Waals surface area (Å²) in [5.41, 5.74) is 0.666. The molecule has 0 radical (unpaired) electrons. The molecule has 2 aromatic rings. The van der Waals surface area contributed by atoms with Crippen molar-refractivity contribution in [2.75, 3.05) is 6.54 Å². The van der Waals surface area contributed by atoms with Crippen LogP contribution in [0.15, 0.2) is 33.9 Å². The van der Waals surface area contributed by atoms with E-state index in [2.05, 4.69) is 10.2 Å². The second kappa shape index (κ2) is 6.78. The molecular weight excluding hydrogens is 320 g/mol. The van der Waals surface area contributed by atoms with Crippen LogP contribution in [0, 0.1) is 10.1 Å². The molecule has 23 heavy (non-hydrogen) atoms. The maximum atomic E-state index is 11.6. The zero-order valence-electron chi connectivity index (χ0n) is 12.2. The van der Waals surface area contributed by atoms with E-state index in [1.807, 2.05) is 0 Å². The molecule has 0 N–H and O–H groups in total. The molecule has 1 saturated heterocycles. The number of thioether (sulfide) groups is 1. The van der Waals surface area contributed by atoms with Crippen LogP contribution in [0.1, 0.15) is 24.3 Å². The van der Waals surface area contributed by atoms with Crippen molar-refractivity contribution < 1.29 is 14.1 Å². The van der Waals surface area contributed by atoms with Crippen LogP contribution >= 0.6 is 11.8 Å². The molecule has 3 rings (SSSR count). The van der Waals surface area contributed by atoms with Crippen LogP contribution in [0.5, 0.6) is 0 Å². The van der Waals surface area contributed by atoms with Crippen molar-refractivity contribution in [1.82, 2.24) is 15.1 Å². The second-order valence-corrected chi connectivity index (χ2v) is 5.98. The van der Waals surface area contributed by atoms with Gasteiger partial charge in [-0.2, -0.15) is 0 Å². The van der Waals surface area contributed by atoms with Crippen LogP contribution in [-0.2, 0) is 17.1 Å². The molecule has 9 heteroatoms. The van der Waals surface area contributed by atoms with Gasteiger partial charge in [-0.25, -0.2) is 0 Å². The Morgan fingerprint density at radius 3 is 2.91 bits per heavy atom. The molecule has 0 spiro atoms. The van der Waals surface area contributed by atoms with E-state index in [0.29, 0.717) is 41.9 Å². The molecule has 0 saturated carbocycles. The molecule has 1 aliphatic rings. The Morgan fingerprint density at radius 1 is 1.35 bits per heavy atom. The van der Waals surface area contributed by atoms with E-state index < -0.39 is 4.92 Å². The molecule has 1 amide bonds. The van der Waals surface area contributed by atoms with Crippen LogP contribution < -0.4 is 0 Å². The van der Waals surface area contributed by atoms with Crippen LogP contribution in [-0.4, -0.2) is 32.5 Å². The molecule has 2 heterocycles. The van der Waals surface area contributed by atoms with Crippen molar-refractivity contribution in [3.05, 3.63) is 45.8 Å². The Kier molecular flexibility index (Phi) is 4.56. The van der Waals surface area contributed by atoms with Crippen LogP contribution in [0.3, 0.4) is 0 Å². The normalized spacial score (nSPS) is 14.4. The highest BCUT2D eigenvalue weighted by molar-refractivity contribution is 7.98. The molecule has 8 nitrogen and oxygen atoms in total. The van der Waals surface area contributed by atoms with Crippen LogP contribution in [0.2, 0.25) is 0 Å². The Hall–Kier alpha value is -2.42. The van der Waals surface area contributed by atoms with E-state index in [0.717, 1.165) is 6.42 Å². The first-order valence-corrected chi connectivity index (χ1v) is 8.07. The van der Waals surface area contributed by atoms with Crippen molar-refractivity contribution >= 4 is 23.4 Å². The average molecular weight is 334 g/mol. The summed E-state index contributed by atoms with van der Waals surface area (Å²) in [6, 6.07) is 6.55. The molecular formula is C14H14N4O4S. The average Bonchev–Trinajstić information content (AvgIpc) is 3.15. The van der Waals surface area contributed by atoms with E-state index in [4.69, 9.17) is 4.42 Å². The molecule has 1 aliphatic heterocycles. The molecule has 0 aliphatic carbocycles. The highest BCUT2D eigenvalue weighted by Gasteiger charge is 2.22. The fraction of sp³-hybridized carbons (Fsp3) is 0.357. The van der Waals surface area contributed by atoms with E-state index in [-0.39, 0.29) is 11.6 Å². The van der Waals surface area contributed by atoms with Crippen molar-refractivity contribution in [1.29, 1.82) is 0 Å². The van der Waals surface area contributed by atoms with Gasteiger partial charge in [-0.05, 0) is 6.42 Å². The Labute approximate surface area is 136 Å². The first-order chi connectivity index (χ1) is 11.1. The highest BCUT2D eigenvalue weighted by Crippen LogP contribution is 2.27. The van der Waals surface area contributed by atoms with Gasteiger partial charge in [0.05, 0.1) is 11.5 Å². The smallest absolute Gasteiger partial charge is 0.276 e. The highest BCUT2D eigenvalue weighted by atomic mass is 32.2. The fourth-order valence-corrected chi connectivity index (χ4v) is 3.12. The van der Waals surface area contributed by atoms with Gasteiger partial charge >= 0.3 is 0 Å². The zero-order valence-corrected chi connectivity index (χ0v) is 13.0. The molecule has 0 unspecified atom stereocenters. The van der Waals surface area contributed by atoms with Gasteiger partial charge in [0.15, 0.2) is 0 Å². The number of amides is 1. The van der Waals surface area contributed by atoms with Crippen molar-refractivity contribution in [3.63, 3.8) is 0 Å². The lowest BCUT2D eigenvalue weighted by Gasteiger charge is -2.11. The summed E-state index contributed by atoms with van der Waals surface area (Å²) in [6.45, 7) is 1.03. The third kappa shape index (κ3) is 3.67. The number of rotatable bonds is 6. The van der Waals surface area contributed by atoms with Gasteiger partial charge in [-0.3, -0.25) is 14.9 Å². The predicted molar refractivity (Wildman–Crippen MR) is 81.6 cm³/mol. The minimum absolute atomic E-state index is 0.0717. The number of benzene rings is 1. The first kappa shape index (κ1) is 15.5. The number of likely N-dealkylation sites (tertiary alicyclic amines) is 1. The summed E-state index contributed by atoms with van der Waals surface area (Å²) in [7, 11) is 0. The monoisotopic (exact) mass is 334 g/mol. The molecule has 120 valence electrons. The molecule has 0 bridgehead atoms. The van der Waals surface area contributed by atoms with Crippen molar-refractivity contribution in [3.8, 4) is 0 Å². The molecule has 1 aromatic heterocycles. The standard InChI is InChI=1S/C14H14N4O4S/c19-13-6-3-7-17(13)8-12-15-16-14(22-12)23-9-10-4-1-2-5-11(10)18(20)21/h1-2,4-5H,3,6-9H2. The third-order valence-electron chi connectivity index (χ3n) is 3.49. The second-order valence-electron chi connectivity index (χ2n) is 5.06. The SMILES string of the molecule is O=C1CCCN1Cc1nnc(SCc2ccccc2[N+](=O)[O-])o1. The Bertz CT molecular complexity index is 733. The number of hydrogen-bond donors (Lipinski definition) is 0. The van der Waals surface area contributed by atoms with E-state index in [1.54, 1.807) is 23.1 Å². The number of nitro benzene ring substituents is 1. The van der Waals surface area contributed by atoms with Gasteiger partial charge in [0.25, 0.3) is 10.9 Å². The number of carbonyl (C=O) groups excluding carboxylic acids is 1. The number of para-hydroxylation sites is 1. The van der Waals surface area contributed by atoms with Crippen LogP contribution in [0.4, 0.5) is 5.69 Å². The summed E-state index contributed by atoms with van der Waals surface area (Å²) in [5, 5.41) is 19.1. The Balaban J connectivity index is 1.61.